The van der Waals surface area contributed by atoms with E-state index < -0.39 is 11.9 Å². The fraction of sp³-hybridized carbons (Fsp3) is 0.875. The Kier molecular flexibility index (Phi) is 3.30. The van der Waals surface area contributed by atoms with E-state index in [9.17, 15) is 14.7 Å². The second-order valence-corrected chi connectivity index (χ2v) is 7.40. The van der Waals surface area contributed by atoms with E-state index in [0.29, 0.717) is 12.0 Å². The predicted octanol–water partition coefficient (Wildman–Crippen LogP) is 2.52. The van der Waals surface area contributed by atoms with Gasteiger partial charge in [-0.3, -0.25) is 9.59 Å². The van der Waals surface area contributed by atoms with Crippen molar-refractivity contribution in [3.05, 3.63) is 0 Å². The van der Waals surface area contributed by atoms with Gasteiger partial charge in [0.15, 0.2) is 0 Å². The third kappa shape index (κ3) is 2.04. The van der Waals surface area contributed by atoms with E-state index in [2.05, 4.69) is 0 Å². The Morgan fingerprint density at radius 2 is 1.70 bits per heavy atom. The Labute approximate surface area is 120 Å². The number of likely N-dealkylation sites (tertiary alicyclic amines) is 1. The van der Waals surface area contributed by atoms with Gasteiger partial charge in [0.1, 0.15) is 0 Å². The molecule has 3 aliphatic rings. The molecule has 2 aliphatic carbocycles. The van der Waals surface area contributed by atoms with Crippen LogP contribution in [-0.2, 0) is 9.59 Å². The largest absolute Gasteiger partial charge is 0.481 e. The number of carbonyl (C=O) groups excluding carboxylic acids is 1. The number of amides is 1. The van der Waals surface area contributed by atoms with Gasteiger partial charge in [-0.25, -0.2) is 0 Å². The third-order valence-corrected chi connectivity index (χ3v) is 5.89. The molecule has 20 heavy (non-hydrogen) atoms. The molecule has 3 rings (SSSR count). The molecule has 3 unspecified atom stereocenters. The number of nitrogens with zero attached hydrogens (tertiary/aromatic N) is 1. The summed E-state index contributed by atoms with van der Waals surface area (Å²) < 4.78 is 0. The monoisotopic (exact) mass is 279 g/mol. The molecule has 1 heterocycles. The molecular weight excluding hydrogens is 254 g/mol. The smallest absolute Gasteiger partial charge is 0.307 e. The van der Waals surface area contributed by atoms with Gasteiger partial charge in [-0.05, 0) is 37.0 Å². The number of rotatable bonds is 3. The topological polar surface area (TPSA) is 57.6 Å². The molecule has 0 bridgehead atoms. The van der Waals surface area contributed by atoms with Gasteiger partial charge in [0.2, 0.25) is 5.91 Å². The second kappa shape index (κ2) is 4.74. The van der Waals surface area contributed by atoms with Crippen molar-refractivity contribution in [1.29, 1.82) is 0 Å². The number of hydrogen-bond donors (Lipinski definition) is 1. The highest BCUT2D eigenvalue weighted by molar-refractivity contribution is 5.92. The summed E-state index contributed by atoms with van der Waals surface area (Å²) in [7, 11) is 0. The standard InChI is InChI=1S/C16H25NO3/c1-16(2)12(13(16)15(19)20)14(18)17-9-5-8-11(17)10-6-3-4-7-10/h10-13H,3-9H2,1-2H3,(H,19,20). The zero-order valence-corrected chi connectivity index (χ0v) is 12.5. The molecule has 0 aromatic heterocycles. The van der Waals surface area contributed by atoms with Crippen molar-refractivity contribution in [1.82, 2.24) is 4.90 Å². The van der Waals surface area contributed by atoms with E-state index in [1.165, 1.54) is 25.7 Å². The molecule has 4 heteroatoms. The first kappa shape index (κ1) is 13.9. The molecule has 0 aromatic rings. The molecule has 0 spiro atoms. The normalized spacial score (nSPS) is 36.3. The number of aliphatic carboxylic acids is 1. The van der Waals surface area contributed by atoms with Crippen LogP contribution in [0.5, 0.6) is 0 Å². The van der Waals surface area contributed by atoms with Gasteiger partial charge in [0.25, 0.3) is 0 Å². The predicted molar refractivity (Wildman–Crippen MR) is 75.1 cm³/mol. The summed E-state index contributed by atoms with van der Waals surface area (Å²) in [6.07, 6.45) is 7.25. The van der Waals surface area contributed by atoms with Gasteiger partial charge in [-0.2, -0.15) is 0 Å². The lowest BCUT2D eigenvalue weighted by molar-refractivity contribution is -0.142. The van der Waals surface area contributed by atoms with E-state index in [4.69, 9.17) is 0 Å². The minimum atomic E-state index is -0.815. The first-order chi connectivity index (χ1) is 9.44. The van der Waals surface area contributed by atoms with Crippen molar-refractivity contribution < 1.29 is 14.7 Å². The average Bonchev–Trinajstić information content (AvgIpc) is 2.87. The quantitative estimate of drug-likeness (QED) is 0.863. The maximum atomic E-state index is 12.8. The van der Waals surface area contributed by atoms with Gasteiger partial charge >= 0.3 is 5.97 Å². The van der Waals surface area contributed by atoms with Crippen LogP contribution in [0, 0.1) is 23.2 Å². The maximum Gasteiger partial charge on any atom is 0.307 e. The van der Waals surface area contributed by atoms with Crippen molar-refractivity contribution >= 4 is 11.9 Å². The lowest BCUT2D eigenvalue weighted by atomic mass is 9.95. The van der Waals surface area contributed by atoms with E-state index >= 15 is 0 Å². The highest BCUT2D eigenvalue weighted by Gasteiger charge is 2.67. The summed E-state index contributed by atoms with van der Waals surface area (Å²) in [5, 5.41) is 9.26. The minimum Gasteiger partial charge on any atom is -0.481 e. The lowest BCUT2D eigenvalue weighted by Crippen LogP contribution is -2.41. The highest BCUT2D eigenvalue weighted by atomic mass is 16.4. The van der Waals surface area contributed by atoms with E-state index in [1.807, 2.05) is 18.7 Å². The molecular formula is C16H25NO3. The lowest BCUT2D eigenvalue weighted by Gasteiger charge is -2.30. The molecule has 1 amide bonds. The first-order valence-corrected chi connectivity index (χ1v) is 7.98. The zero-order chi connectivity index (χ0) is 14.5. The van der Waals surface area contributed by atoms with Crippen molar-refractivity contribution in [2.45, 2.75) is 58.4 Å². The number of carboxylic acid groups (broad SMARTS) is 1. The molecule has 0 radical (unpaired) electrons. The number of hydrogen-bond acceptors (Lipinski definition) is 2. The van der Waals surface area contributed by atoms with Crippen molar-refractivity contribution in [3.8, 4) is 0 Å². The number of carboxylic acids is 1. The minimum absolute atomic E-state index is 0.108. The van der Waals surface area contributed by atoms with Gasteiger partial charge in [-0.15, -0.1) is 0 Å². The molecule has 1 N–H and O–H groups in total. The molecule has 4 nitrogen and oxygen atoms in total. The van der Waals surface area contributed by atoms with Crippen LogP contribution in [0.3, 0.4) is 0 Å². The SMILES string of the molecule is CC1(C)C(C(=O)O)C1C(=O)N1CCCC1C1CCCC1. The summed E-state index contributed by atoms with van der Waals surface area (Å²) >= 11 is 0. The Hall–Kier alpha value is -1.06. The Morgan fingerprint density at radius 3 is 2.25 bits per heavy atom. The van der Waals surface area contributed by atoms with Gasteiger partial charge in [0, 0.05) is 12.6 Å². The molecule has 112 valence electrons. The molecule has 1 aliphatic heterocycles. The number of carbonyl (C=O) groups is 2. The molecule has 2 saturated carbocycles. The fourth-order valence-electron chi connectivity index (χ4n) is 4.64. The van der Waals surface area contributed by atoms with Gasteiger partial charge in [-0.1, -0.05) is 26.7 Å². The maximum absolute atomic E-state index is 12.8. The van der Waals surface area contributed by atoms with Crippen molar-refractivity contribution in [2.24, 2.45) is 23.2 Å². The molecule has 1 saturated heterocycles. The Balaban J connectivity index is 1.72. The second-order valence-electron chi connectivity index (χ2n) is 7.40. The Bertz CT molecular complexity index is 425. The Morgan fingerprint density at radius 1 is 1.05 bits per heavy atom. The van der Waals surface area contributed by atoms with Crippen LogP contribution in [0.15, 0.2) is 0 Å². The van der Waals surface area contributed by atoms with Crippen LogP contribution in [0.4, 0.5) is 0 Å². The van der Waals surface area contributed by atoms with E-state index in [1.54, 1.807) is 0 Å². The molecule has 3 fully saturated rings. The summed E-state index contributed by atoms with van der Waals surface area (Å²) in [4.78, 5) is 26.1. The zero-order valence-electron chi connectivity index (χ0n) is 12.5. The summed E-state index contributed by atoms with van der Waals surface area (Å²) in [5.74, 6) is -0.838. The first-order valence-electron chi connectivity index (χ1n) is 7.98. The van der Waals surface area contributed by atoms with Crippen molar-refractivity contribution in [2.75, 3.05) is 6.54 Å². The third-order valence-electron chi connectivity index (χ3n) is 5.89. The summed E-state index contributed by atoms with van der Waals surface area (Å²) in [5.41, 5.74) is -0.369. The van der Waals surface area contributed by atoms with Gasteiger partial charge in [0.05, 0.1) is 11.8 Å². The van der Waals surface area contributed by atoms with Crippen LogP contribution < -0.4 is 0 Å². The average molecular weight is 279 g/mol. The van der Waals surface area contributed by atoms with Crippen molar-refractivity contribution in [3.63, 3.8) is 0 Å². The molecule has 0 aromatic carbocycles. The summed E-state index contributed by atoms with van der Waals surface area (Å²) in [6, 6.07) is 0.385. The fourth-order valence-corrected chi connectivity index (χ4v) is 4.64. The highest BCUT2D eigenvalue weighted by Crippen LogP contribution is 2.59. The van der Waals surface area contributed by atoms with E-state index in [0.717, 1.165) is 19.4 Å². The van der Waals surface area contributed by atoms with Crippen LogP contribution in [-0.4, -0.2) is 34.5 Å². The van der Waals surface area contributed by atoms with Crippen LogP contribution in [0.2, 0.25) is 0 Å². The van der Waals surface area contributed by atoms with Crippen LogP contribution in [0.25, 0.3) is 0 Å². The molecule has 3 atom stereocenters. The van der Waals surface area contributed by atoms with E-state index in [-0.39, 0.29) is 17.2 Å². The van der Waals surface area contributed by atoms with Crippen LogP contribution >= 0.6 is 0 Å². The van der Waals surface area contributed by atoms with Crippen LogP contribution in [0.1, 0.15) is 52.4 Å². The van der Waals surface area contributed by atoms with Gasteiger partial charge < -0.3 is 10.0 Å². The summed E-state index contributed by atoms with van der Waals surface area (Å²) in [6.45, 7) is 4.66.